The number of amides is 1. The van der Waals surface area contributed by atoms with E-state index in [0.29, 0.717) is 30.3 Å². The lowest BCUT2D eigenvalue weighted by Gasteiger charge is -2.31. The summed E-state index contributed by atoms with van der Waals surface area (Å²) >= 11 is 4.80. The number of piperidine rings is 1. The third-order valence-corrected chi connectivity index (χ3v) is 3.93. The van der Waals surface area contributed by atoms with E-state index in [0.717, 1.165) is 32.5 Å². The molecule has 0 aromatic carbocycles. The summed E-state index contributed by atoms with van der Waals surface area (Å²) in [4.78, 5) is 16.3. The molecule has 1 aliphatic rings. The second-order valence-corrected chi connectivity index (χ2v) is 5.77. The van der Waals surface area contributed by atoms with Gasteiger partial charge in [-0.1, -0.05) is 12.2 Å². The van der Waals surface area contributed by atoms with E-state index >= 15 is 0 Å². The minimum atomic E-state index is 0.139. The van der Waals surface area contributed by atoms with Crippen molar-refractivity contribution in [2.75, 3.05) is 39.8 Å². The maximum absolute atomic E-state index is 11.9. The molecular formula is C13H25N3O2S. The molecule has 1 aliphatic heterocycles. The van der Waals surface area contributed by atoms with E-state index < -0.39 is 0 Å². The molecule has 0 saturated carbocycles. The van der Waals surface area contributed by atoms with Crippen molar-refractivity contribution in [3.05, 3.63) is 0 Å². The van der Waals surface area contributed by atoms with Gasteiger partial charge in [-0.05, 0) is 31.8 Å². The van der Waals surface area contributed by atoms with Crippen molar-refractivity contribution in [3.8, 4) is 0 Å². The summed E-state index contributed by atoms with van der Waals surface area (Å²) in [6.07, 6.45) is 3.18. The fraction of sp³-hybridized carbons (Fsp3) is 0.846. The van der Waals surface area contributed by atoms with Crippen molar-refractivity contribution in [2.24, 2.45) is 11.7 Å². The highest BCUT2D eigenvalue weighted by atomic mass is 32.1. The predicted molar refractivity (Wildman–Crippen MR) is 79.9 cm³/mol. The number of likely N-dealkylation sites (tertiary alicyclic amines) is 1. The van der Waals surface area contributed by atoms with Crippen molar-refractivity contribution >= 4 is 23.1 Å². The first-order valence-corrected chi connectivity index (χ1v) is 7.29. The lowest BCUT2D eigenvalue weighted by Crippen LogP contribution is -2.38. The van der Waals surface area contributed by atoms with Crippen molar-refractivity contribution < 1.29 is 9.90 Å². The molecule has 6 heteroatoms. The Morgan fingerprint density at radius 3 is 2.58 bits per heavy atom. The van der Waals surface area contributed by atoms with Gasteiger partial charge < -0.3 is 20.6 Å². The molecule has 5 nitrogen and oxygen atoms in total. The summed E-state index contributed by atoms with van der Waals surface area (Å²) in [7, 11) is 1.79. The van der Waals surface area contributed by atoms with Crippen LogP contribution in [0.15, 0.2) is 0 Å². The fourth-order valence-electron chi connectivity index (χ4n) is 2.24. The number of hydrogen-bond donors (Lipinski definition) is 2. The molecule has 0 aromatic rings. The van der Waals surface area contributed by atoms with Gasteiger partial charge in [0.1, 0.15) is 0 Å². The Morgan fingerprint density at radius 1 is 1.42 bits per heavy atom. The number of aliphatic hydroxyl groups excluding tert-OH is 1. The third kappa shape index (κ3) is 6.31. The Hall–Kier alpha value is -0.720. The highest BCUT2D eigenvalue weighted by Gasteiger charge is 2.19. The first kappa shape index (κ1) is 16.3. The summed E-state index contributed by atoms with van der Waals surface area (Å²) in [5, 5.41) is 9.07. The van der Waals surface area contributed by atoms with Crippen molar-refractivity contribution in [3.63, 3.8) is 0 Å². The van der Waals surface area contributed by atoms with Gasteiger partial charge >= 0.3 is 0 Å². The second kappa shape index (κ2) is 8.45. The van der Waals surface area contributed by atoms with E-state index in [1.807, 2.05) is 0 Å². The van der Waals surface area contributed by atoms with Gasteiger partial charge in [-0.2, -0.15) is 0 Å². The molecule has 0 aliphatic carbocycles. The van der Waals surface area contributed by atoms with E-state index in [4.69, 9.17) is 23.1 Å². The highest BCUT2D eigenvalue weighted by Crippen LogP contribution is 2.16. The molecule has 0 unspecified atom stereocenters. The van der Waals surface area contributed by atoms with Gasteiger partial charge in [-0.15, -0.1) is 0 Å². The predicted octanol–water partition coefficient (Wildman–Crippen LogP) is 0.215. The zero-order valence-corrected chi connectivity index (χ0v) is 12.5. The highest BCUT2D eigenvalue weighted by molar-refractivity contribution is 7.80. The Balaban J connectivity index is 2.17. The van der Waals surface area contributed by atoms with Crippen molar-refractivity contribution in [1.29, 1.82) is 0 Å². The Labute approximate surface area is 120 Å². The van der Waals surface area contributed by atoms with Crippen molar-refractivity contribution in [2.45, 2.75) is 25.7 Å². The van der Waals surface area contributed by atoms with Crippen LogP contribution < -0.4 is 5.73 Å². The number of thiocarbonyl (C=S) groups is 1. The van der Waals surface area contributed by atoms with E-state index in [1.165, 1.54) is 0 Å². The molecule has 1 heterocycles. The molecule has 0 radical (unpaired) electrons. The van der Waals surface area contributed by atoms with E-state index in [9.17, 15) is 4.79 Å². The fourth-order valence-corrected chi connectivity index (χ4v) is 2.33. The molecule has 3 N–H and O–H groups in total. The van der Waals surface area contributed by atoms with Gasteiger partial charge in [0, 0.05) is 39.6 Å². The van der Waals surface area contributed by atoms with Crippen LogP contribution in [0.25, 0.3) is 0 Å². The number of carbonyl (C=O) groups is 1. The zero-order valence-electron chi connectivity index (χ0n) is 11.7. The summed E-state index contributed by atoms with van der Waals surface area (Å²) < 4.78 is 0. The molecule has 19 heavy (non-hydrogen) atoms. The average molecular weight is 287 g/mol. The Bertz CT molecular complexity index is 304. The third-order valence-electron chi connectivity index (χ3n) is 3.73. The Kier molecular flexibility index (Phi) is 7.27. The monoisotopic (exact) mass is 287 g/mol. The van der Waals surface area contributed by atoms with Crippen LogP contribution in [0.2, 0.25) is 0 Å². The molecule has 110 valence electrons. The lowest BCUT2D eigenvalue weighted by molar-refractivity contribution is -0.130. The molecule has 0 spiro atoms. The van der Waals surface area contributed by atoms with E-state index in [1.54, 1.807) is 11.9 Å². The van der Waals surface area contributed by atoms with Gasteiger partial charge in [-0.3, -0.25) is 4.79 Å². The minimum Gasteiger partial charge on any atom is -0.396 e. The number of hydrogen-bond acceptors (Lipinski definition) is 4. The number of aliphatic hydroxyl groups is 1. The molecule has 0 atom stereocenters. The molecule has 1 fully saturated rings. The van der Waals surface area contributed by atoms with Crippen LogP contribution in [-0.4, -0.2) is 65.6 Å². The van der Waals surface area contributed by atoms with Crippen LogP contribution in [0.4, 0.5) is 0 Å². The van der Waals surface area contributed by atoms with Crippen LogP contribution >= 0.6 is 12.2 Å². The minimum absolute atomic E-state index is 0.139. The quantitative estimate of drug-likeness (QED) is 0.655. The first-order valence-electron chi connectivity index (χ1n) is 6.88. The number of carbonyl (C=O) groups excluding carboxylic acids is 1. The Morgan fingerprint density at radius 2 is 2.05 bits per heavy atom. The van der Waals surface area contributed by atoms with Gasteiger partial charge in [0.25, 0.3) is 0 Å². The van der Waals surface area contributed by atoms with Crippen LogP contribution in [0.3, 0.4) is 0 Å². The van der Waals surface area contributed by atoms with Crippen LogP contribution in [0, 0.1) is 5.92 Å². The summed E-state index contributed by atoms with van der Waals surface area (Å²) in [5.74, 6) is 0.584. The molecule has 1 amide bonds. The summed E-state index contributed by atoms with van der Waals surface area (Å²) in [6, 6.07) is 0. The van der Waals surface area contributed by atoms with Crippen LogP contribution in [-0.2, 0) is 4.79 Å². The maximum atomic E-state index is 11.9. The standard InChI is InChI=1S/C13H25N3O2S/c1-15(6-4-12(14)19)13(18)5-9-16-7-2-11(10-17)3-8-16/h11,17H,2-10H2,1H3,(H2,14,19). The van der Waals surface area contributed by atoms with Gasteiger partial charge in [-0.25, -0.2) is 0 Å². The van der Waals surface area contributed by atoms with E-state index in [2.05, 4.69) is 4.90 Å². The molecule has 0 bridgehead atoms. The van der Waals surface area contributed by atoms with Crippen LogP contribution in [0.1, 0.15) is 25.7 Å². The zero-order chi connectivity index (χ0) is 14.3. The average Bonchev–Trinajstić information content (AvgIpc) is 2.42. The van der Waals surface area contributed by atoms with Gasteiger partial charge in [0.15, 0.2) is 0 Å². The molecule has 1 saturated heterocycles. The summed E-state index contributed by atoms with van der Waals surface area (Å²) in [6.45, 7) is 3.65. The largest absolute Gasteiger partial charge is 0.396 e. The normalized spacial score (nSPS) is 17.4. The number of rotatable bonds is 7. The number of nitrogens with two attached hydrogens (primary N) is 1. The SMILES string of the molecule is CN(CCC(N)=S)C(=O)CCN1CCC(CO)CC1. The topological polar surface area (TPSA) is 69.8 Å². The lowest BCUT2D eigenvalue weighted by atomic mass is 9.98. The van der Waals surface area contributed by atoms with Crippen LogP contribution in [0.5, 0.6) is 0 Å². The molecule has 0 aromatic heterocycles. The molecular weight excluding hydrogens is 262 g/mol. The first-order chi connectivity index (χ1) is 9.02. The summed E-state index contributed by atoms with van der Waals surface area (Å²) in [5.41, 5.74) is 5.42. The van der Waals surface area contributed by atoms with E-state index in [-0.39, 0.29) is 12.5 Å². The maximum Gasteiger partial charge on any atom is 0.223 e. The number of nitrogens with zero attached hydrogens (tertiary/aromatic N) is 2. The second-order valence-electron chi connectivity index (χ2n) is 5.25. The van der Waals surface area contributed by atoms with Gasteiger partial charge in [0.2, 0.25) is 5.91 Å². The smallest absolute Gasteiger partial charge is 0.223 e. The molecule has 1 rings (SSSR count). The van der Waals surface area contributed by atoms with Crippen molar-refractivity contribution in [1.82, 2.24) is 9.80 Å². The van der Waals surface area contributed by atoms with Gasteiger partial charge in [0.05, 0.1) is 4.99 Å².